The molecule has 9 heteroatoms. The predicted octanol–water partition coefficient (Wildman–Crippen LogP) is 3.26. The second kappa shape index (κ2) is 9.25. The van der Waals surface area contributed by atoms with Gasteiger partial charge >= 0.3 is 12.1 Å². The van der Waals surface area contributed by atoms with E-state index in [0.29, 0.717) is 18.4 Å². The Morgan fingerprint density at radius 1 is 1.13 bits per heavy atom. The number of carbonyl (C=O) groups excluding carboxylic acids is 1. The number of carboxylic acid groups (broad SMARTS) is 1. The Kier molecular flexibility index (Phi) is 6.51. The molecule has 1 aliphatic rings. The number of ether oxygens (including phenoxy) is 2. The monoisotopic (exact) mass is 414 g/mol. The number of hydrogen-bond acceptors (Lipinski definition) is 6. The molecule has 1 amide bonds. The van der Waals surface area contributed by atoms with Gasteiger partial charge in [-0.25, -0.2) is 9.59 Å². The topological polar surface area (TPSA) is 119 Å². The van der Waals surface area contributed by atoms with Gasteiger partial charge in [-0.15, -0.1) is 0 Å². The molecule has 0 unspecified atom stereocenters. The fourth-order valence-electron chi connectivity index (χ4n) is 3.54. The van der Waals surface area contributed by atoms with Crippen LogP contribution < -0.4 is 4.74 Å². The first kappa shape index (κ1) is 21.1. The van der Waals surface area contributed by atoms with E-state index in [1.807, 2.05) is 24.3 Å². The highest BCUT2D eigenvalue weighted by Crippen LogP contribution is 2.28. The lowest BCUT2D eigenvalue weighted by Crippen LogP contribution is -2.40. The summed E-state index contributed by atoms with van der Waals surface area (Å²) in [6, 6.07) is 12.2. The SMILES string of the molecule is COc1ccc(C[C@H]2C[C@@H](C(=O)O)N(C(=O)OCc3ccc([N+](=O)[O-])cc3)C2)cc1. The first-order valence-electron chi connectivity index (χ1n) is 9.40. The maximum absolute atomic E-state index is 12.5. The van der Waals surface area contributed by atoms with Gasteiger partial charge in [0.15, 0.2) is 0 Å². The molecule has 9 nitrogen and oxygen atoms in total. The van der Waals surface area contributed by atoms with E-state index in [2.05, 4.69) is 0 Å². The molecule has 1 N–H and O–H groups in total. The molecule has 1 saturated heterocycles. The van der Waals surface area contributed by atoms with E-state index in [0.717, 1.165) is 11.3 Å². The van der Waals surface area contributed by atoms with E-state index >= 15 is 0 Å². The number of hydrogen-bond donors (Lipinski definition) is 1. The third-order valence-electron chi connectivity index (χ3n) is 5.10. The summed E-state index contributed by atoms with van der Waals surface area (Å²) < 4.78 is 10.4. The van der Waals surface area contributed by atoms with E-state index in [4.69, 9.17) is 9.47 Å². The van der Waals surface area contributed by atoms with Gasteiger partial charge in [0, 0.05) is 18.7 Å². The van der Waals surface area contributed by atoms with Crippen molar-refractivity contribution in [1.82, 2.24) is 4.90 Å². The Morgan fingerprint density at radius 2 is 1.77 bits per heavy atom. The summed E-state index contributed by atoms with van der Waals surface area (Å²) in [4.78, 5) is 35.6. The third kappa shape index (κ3) is 5.05. The van der Waals surface area contributed by atoms with E-state index in [1.165, 1.54) is 29.2 Å². The number of rotatable bonds is 7. The maximum Gasteiger partial charge on any atom is 0.410 e. The van der Waals surface area contributed by atoms with Crippen molar-refractivity contribution in [2.24, 2.45) is 5.92 Å². The summed E-state index contributed by atoms with van der Waals surface area (Å²) in [7, 11) is 1.59. The molecule has 0 radical (unpaired) electrons. The molecule has 0 spiro atoms. The Balaban J connectivity index is 1.60. The van der Waals surface area contributed by atoms with Crippen LogP contribution in [-0.4, -0.2) is 46.7 Å². The molecule has 30 heavy (non-hydrogen) atoms. The molecule has 0 bridgehead atoms. The number of likely N-dealkylation sites (tertiary alicyclic amines) is 1. The van der Waals surface area contributed by atoms with Crippen LogP contribution in [0.5, 0.6) is 5.75 Å². The number of non-ortho nitro benzene ring substituents is 1. The van der Waals surface area contributed by atoms with Crippen molar-refractivity contribution in [2.75, 3.05) is 13.7 Å². The quantitative estimate of drug-likeness (QED) is 0.545. The summed E-state index contributed by atoms with van der Waals surface area (Å²) >= 11 is 0. The smallest absolute Gasteiger partial charge is 0.410 e. The zero-order chi connectivity index (χ0) is 21.7. The summed E-state index contributed by atoms with van der Waals surface area (Å²) in [5.74, 6) is -0.337. The fourth-order valence-corrected chi connectivity index (χ4v) is 3.54. The molecule has 158 valence electrons. The lowest BCUT2D eigenvalue weighted by atomic mass is 9.97. The van der Waals surface area contributed by atoms with Crippen molar-refractivity contribution in [1.29, 1.82) is 0 Å². The molecule has 1 aliphatic heterocycles. The number of nitrogens with zero attached hydrogens (tertiary/aromatic N) is 2. The second-order valence-corrected chi connectivity index (χ2v) is 7.14. The van der Waals surface area contributed by atoms with Crippen molar-refractivity contribution in [3.8, 4) is 5.75 Å². The number of carboxylic acids is 1. The summed E-state index contributed by atoms with van der Waals surface area (Å²) in [5, 5.41) is 20.2. The highest BCUT2D eigenvalue weighted by Gasteiger charge is 2.40. The zero-order valence-electron chi connectivity index (χ0n) is 16.4. The van der Waals surface area contributed by atoms with Crippen LogP contribution >= 0.6 is 0 Å². The van der Waals surface area contributed by atoms with Gasteiger partial charge in [-0.3, -0.25) is 15.0 Å². The fraction of sp³-hybridized carbons (Fsp3) is 0.333. The number of aliphatic carboxylic acids is 1. The Bertz CT molecular complexity index is 912. The predicted molar refractivity (Wildman–Crippen MR) is 106 cm³/mol. The van der Waals surface area contributed by atoms with Crippen LogP contribution in [-0.2, 0) is 22.6 Å². The van der Waals surface area contributed by atoms with Crippen molar-refractivity contribution in [3.63, 3.8) is 0 Å². The third-order valence-corrected chi connectivity index (χ3v) is 5.10. The lowest BCUT2D eigenvalue weighted by Gasteiger charge is -2.21. The first-order chi connectivity index (χ1) is 14.4. The van der Waals surface area contributed by atoms with Gasteiger partial charge in [-0.05, 0) is 54.2 Å². The summed E-state index contributed by atoms with van der Waals surface area (Å²) in [6.45, 7) is 0.185. The Labute approximate surface area is 173 Å². The standard InChI is InChI=1S/C21H22N2O7/c1-29-18-8-4-14(5-9-18)10-16-11-19(20(24)25)22(12-16)21(26)30-13-15-2-6-17(7-3-15)23(27)28/h2-9,16,19H,10-13H2,1H3,(H,24,25)/t16-,19-/m0/s1. The molecule has 3 rings (SSSR count). The van der Waals surface area contributed by atoms with Crippen molar-refractivity contribution < 1.29 is 29.1 Å². The minimum Gasteiger partial charge on any atom is -0.497 e. The number of benzene rings is 2. The van der Waals surface area contributed by atoms with E-state index < -0.39 is 23.0 Å². The normalized spacial score (nSPS) is 18.1. The van der Waals surface area contributed by atoms with Crippen LogP contribution in [0.1, 0.15) is 17.5 Å². The second-order valence-electron chi connectivity index (χ2n) is 7.14. The van der Waals surface area contributed by atoms with E-state index in [1.54, 1.807) is 7.11 Å². The Hall–Kier alpha value is -3.62. The minimum atomic E-state index is -1.07. The average Bonchev–Trinajstić information content (AvgIpc) is 3.17. The van der Waals surface area contributed by atoms with Gasteiger partial charge in [0.2, 0.25) is 0 Å². The van der Waals surface area contributed by atoms with Gasteiger partial charge < -0.3 is 14.6 Å². The highest BCUT2D eigenvalue weighted by atomic mass is 16.6. The van der Waals surface area contributed by atoms with Crippen LogP contribution in [0.3, 0.4) is 0 Å². The summed E-state index contributed by atoms with van der Waals surface area (Å²) in [6.07, 6.45) is 0.270. The van der Waals surface area contributed by atoms with Gasteiger partial charge in [-0.2, -0.15) is 0 Å². The number of carbonyl (C=O) groups is 2. The first-order valence-corrected chi connectivity index (χ1v) is 9.40. The number of nitro groups is 1. The molecular formula is C21H22N2O7. The average molecular weight is 414 g/mol. The molecule has 2 atom stereocenters. The van der Waals surface area contributed by atoms with E-state index in [-0.39, 0.29) is 24.8 Å². The van der Waals surface area contributed by atoms with Crippen LogP contribution in [0.25, 0.3) is 0 Å². The molecule has 1 heterocycles. The van der Waals surface area contributed by atoms with Crippen molar-refractivity contribution in [2.45, 2.75) is 25.5 Å². The van der Waals surface area contributed by atoms with Gasteiger partial charge in [0.25, 0.3) is 5.69 Å². The van der Waals surface area contributed by atoms with E-state index in [9.17, 15) is 24.8 Å². The number of amides is 1. The molecular weight excluding hydrogens is 392 g/mol. The van der Waals surface area contributed by atoms with Crippen molar-refractivity contribution >= 4 is 17.7 Å². The molecule has 0 saturated carbocycles. The number of nitro benzene ring substituents is 1. The van der Waals surface area contributed by atoms with Gasteiger partial charge in [0.1, 0.15) is 18.4 Å². The highest BCUT2D eigenvalue weighted by molar-refractivity contribution is 5.80. The maximum atomic E-state index is 12.5. The molecule has 0 aliphatic carbocycles. The largest absolute Gasteiger partial charge is 0.497 e. The van der Waals surface area contributed by atoms with Gasteiger partial charge in [0.05, 0.1) is 12.0 Å². The minimum absolute atomic E-state index is 0.00794. The van der Waals surface area contributed by atoms with Crippen LogP contribution in [0.15, 0.2) is 48.5 Å². The molecule has 2 aromatic rings. The summed E-state index contributed by atoms with van der Waals surface area (Å²) in [5.41, 5.74) is 1.55. The zero-order valence-corrected chi connectivity index (χ0v) is 16.4. The van der Waals surface area contributed by atoms with Gasteiger partial charge in [-0.1, -0.05) is 12.1 Å². The van der Waals surface area contributed by atoms with Crippen LogP contribution in [0.4, 0.5) is 10.5 Å². The number of methoxy groups -OCH3 is 1. The lowest BCUT2D eigenvalue weighted by molar-refractivity contribution is -0.384. The van der Waals surface area contributed by atoms with Crippen molar-refractivity contribution in [3.05, 3.63) is 69.8 Å². The molecule has 0 aromatic heterocycles. The van der Waals surface area contributed by atoms with Crippen LogP contribution in [0.2, 0.25) is 0 Å². The van der Waals surface area contributed by atoms with Crippen LogP contribution in [0, 0.1) is 16.0 Å². The Morgan fingerprint density at radius 3 is 2.33 bits per heavy atom. The molecule has 1 fully saturated rings. The molecule has 2 aromatic carbocycles.